The number of carboxylic acids is 1. The van der Waals surface area contributed by atoms with Crippen molar-refractivity contribution in [2.75, 3.05) is 7.11 Å². The Balaban J connectivity index is 2.33. The summed E-state index contributed by atoms with van der Waals surface area (Å²) in [6.45, 7) is 0.170. The van der Waals surface area contributed by atoms with Crippen LogP contribution in [-0.4, -0.2) is 23.3 Å². The molecular weight excluding hydrogens is 241 g/mol. The van der Waals surface area contributed by atoms with Crippen LogP contribution in [0.3, 0.4) is 0 Å². The molecule has 0 aliphatic carbocycles. The van der Waals surface area contributed by atoms with Crippen molar-refractivity contribution in [2.45, 2.75) is 6.61 Å². The van der Waals surface area contributed by atoms with Gasteiger partial charge in [0.05, 0.1) is 6.61 Å². The molecule has 0 radical (unpaired) electrons. The third-order valence-electron chi connectivity index (χ3n) is 2.37. The molecule has 2 rings (SSSR count). The highest BCUT2D eigenvalue weighted by Crippen LogP contribution is 2.23. The highest BCUT2D eigenvalue weighted by atomic mass is 19.1. The van der Waals surface area contributed by atoms with Gasteiger partial charge in [0, 0.05) is 24.3 Å². The molecular formula is C12H10FNO4. The molecule has 1 aromatic carbocycles. The predicted molar refractivity (Wildman–Crippen MR) is 59.6 cm³/mol. The molecule has 0 amide bonds. The fourth-order valence-corrected chi connectivity index (χ4v) is 1.49. The van der Waals surface area contributed by atoms with Gasteiger partial charge in [0.25, 0.3) is 0 Å². The Labute approximate surface area is 102 Å². The minimum Gasteiger partial charge on any atom is -0.476 e. The Hall–Kier alpha value is -2.21. The second kappa shape index (κ2) is 4.97. The van der Waals surface area contributed by atoms with E-state index in [1.165, 1.54) is 19.2 Å². The van der Waals surface area contributed by atoms with E-state index < -0.39 is 11.8 Å². The zero-order valence-corrected chi connectivity index (χ0v) is 9.51. The zero-order valence-electron chi connectivity index (χ0n) is 9.51. The Morgan fingerprint density at radius 2 is 2.28 bits per heavy atom. The van der Waals surface area contributed by atoms with Crippen LogP contribution in [-0.2, 0) is 11.3 Å². The topological polar surface area (TPSA) is 72.6 Å². The van der Waals surface area contributed by atoms with Crippen molar-refractivity contribution < 1.29 is 23.6 Å². The molecule has 0 bridgehead atoms. The van der Waals surface area contributed by atoms with E-state index in [1.54, 1.807) is 12.1 Å². The van der Waals surface area contributed by atoms with Crippen LogP contribution in [0.2, 0.25) is 0 Å². The van der Waals surface area contributed by atoms with E-state index in [0.717, 1.165) is 0 Å². The Bertz CT molecular complexity index is 579. The molecule has 5 nitrogen and oxygen atoms in total. The second-order valence-corrected chi connectivity index (χ2v) is 3.62. The molecule has 18 heavy (non-hydrogen) atoms. The number of hydrogen-bond donors (Lipinski definition) is 1. The first kappa shape index (κ1) is 12.3. The van der Waals surface area contributed by atoms with Crippen LogP contribution in [0.1, 0.15) is 16.1 Å². The quantitative estimate of drug-likeness (QED) is 0.902. The molecule has 0 saturated heterocycles. The lowest BCUT2D eigenvalue weighted by molar-refractivity contribution is 0.0686. The molecule has 0 aliphatic rings. The smallest absolute Gasteiger partial charge is 0.358 e. The van der Waals surface area contributed by atoms with E-state index in [1.807, 2.05) is 0 Å². The molecule has 0 saturated carbocycles. The van der Waals surface area contributed by atoms with E-state index in [4.69, 9.17) is 14.4 Å². The number of ether oxygens (including phenoxy) is 1. The van der Waals surface area contributed by atoms with Gasteiger partial charge in [-0.1, -0.05) is 17.3 Å². The third kappa shape index (κ3) is 2.38. The molecule has 0 spiro atoms. The number of rotatable bonds is 4. The Morgan fingerprint density at radius 1 is 1.50 bits per heavy atom. The third-order valence-corrected chi connectivity index (χ3v) is 2.37. The average molecular weight is 251 g/mol. The Kier molecular flexibility index (Phi) is 3.38. The van der Waals surface area contributed by atoms with E-state index >= 15 is 0 Å². The molecule has 94 valence electrons. The summed E-state index contributed by atoms with van der Waals surface area (Å²) >= 11 is 0. The lowest BCUT2D eigenvalue weighted by Gasteiger charge is -2.02. The van der Waals surface area contributed by atoms with Crippen molar-refractivity contribution in [3.05, 3.63) is 41.3 Å². The van der Waals surface area contributed by atoms with Crippen LogP contribution in [0, 0.1) is 5.82 Å². The van der Waals surface area contributed by atoms with Gasteiger partial charge in [0.1, 0.15) is 5.82 Å². The number of carboxylic acid groups (broad SMARTS) is 1. The summed E-state index contributed by atoms with van der Waals surface area (Å²) in [5.74, 6) is -1.43. The molecule has 1 N–H and O–H groups in total. The summed E-state index contributed by atoms with van der Waals surface area (Å²) in [5, 5.41) is 12.1. The standard InChI is InChI=1S/C12H10FNO4/c1-17-6-8-3-2-7(4-9(8)13)11-5-10(12(15)16)14-18-11/h2-5H,6H2,1H3,(H,15,16). The van der Waals surface area contributed by atoms with Crippen molar-refractivity contribution in [1.29, 1.82) is 0 Å². The van der Waals surface area contributed by atoms with Crippen molar-refractivity contribution >= 4 is 5.97 Å². The van der Waals surface area contributed by atoms with Crippen LogP contribution in [0.4, 0.5) is 4.39 Å². The average Bonchev–Trinajstić information content (AvgIpc) is 2.81. The van der Waals surface area contributed by atoms with Gasteiger partial charge in [-0.3, -0.25) is 0 Å². The first-order valence-electron chi connectivity index (χ1n) is 5.09. The molecule has 0 atom stereocenters. The van der Waals surface area contributed by atoms with Crippen LogP contribution >= 0.6 is 0 Å². The van der Waals surface area contributed by atoms with Crippen LogP contribution in [0.25, 0.3) is 11.3 Å². The zero-order chi connectivity index (χ0) is 13.1. The summed E-state index contributed by atoms with van der Waals surface area (Å²) in [4.78, 5) is 10.6. The predicted octanol–water partition coefficient (Wildman–Crippen LogP) is 2.33. The number of hydrogen-bond acceptors (Lipinski definition) is 4. The maximum Gasteiger partial charge on any atom is 0.358 e. The first-order chi connectivity index (χ1) is 8.61. The van der Waals surface area contributed by atoms with Gasteiger partial charge in [-0.25, -0.2) is 9.18 Å². The number of carbonyl (C=O) groups is 1. The minimum absolute atomic E-state index is 0.170. The number of halogens is 1. The number of nitrogens with zero attached hydrogens (tertiary/aromatic N) is 1. The van der Waals surface area contributed by atoms with Crippen molar-refractivity contribution in [3.63, 3.8) is 0 Å². The van der Waals surface area contributed by atoms with E-state index in [9.17, 15) is 9.18 Å². The minimum atomic E-state index is -1.19. The Morgan fingerprint density at radius 3 is 2.83 bits per heavy atom. The lowest BCUT2D eigenvalue weighted by atomic mass is 10.1. The summed E-state index contributed by atoms with van der Waals surface area (Å²) in [7, 11) is 1.48. The maximum atomic E-state index is 13.6. The highest BCUT2D eigenvalue weighted by Gasteiger charge is 2.13. The number of methoxy groups -OCH3 is 1. The van der Waals surface area contributed by atoms with Crippen molar-refractivity contribution in [3.8, 4) is 11.3 Å². The van der Waals surface area contributed by atoms with Gasteiger partial charge in [-0.2, -0.15) is 0 Å². The molecule has 1 aromatic heterocycles. The number of aromatic nitrogens is 1. The first-order valence-corrected chi connectivity index (χ1v) is 5.09. The van der Waals surface area contributed by atoms with Gasteiger partial charge in [-0.05, 0) is 6.07 Å². The lowest BCUT2D eigenvalue weighted by Crippen LogP contribution is -1.94. The van der Waals surface area contributed by atoms with Gasteiger partial charge < -0.3 is 14.4 Å². The van der Waals surface area contributed by atoms with Crippen LogP contribution < -0.4 is 0 Å². The van der Waals surface area contributed by atoms with E-state index in [0.29, 0.717) is 11.1 Å². The summed E-state index contributed by atoms with van der Waals surface area (Å²) in [5.41, 5.74) is 0.623. The van der Waals surface area contributed by atoms with Gasteiger partial charge in [0.15, 0.2) is 11.5 Å². The fourth-order valence-electron chi connectivity index (χ4n) is 1.49. The maximum absolute atomic E-state index is 13.6. The molecule has 0 unspecified atom stereocenters. The van der Waals surface area contributed by atoms with E-state index in [-0.39, 0.29) is 18.1 Å². The highest BCUT2D eigenvalue weighted by molar-refractivity contribution is 5.86. The number of aromatic carboxylic acids is 1. The van der Waals surface area contributed by atoms with Crippen LogP contribution in [0.5, 0.6) is 0 Å². The summed E-state index contributed by atoms with van der Waals surface area (Å²) in [6.07, 6.45) is 0. The van der Waals surface area contributed by atoms with E-state index in [2.05, 4.69) is 5.16 Å². The molecule has 6 heteroatoms. The summed E-state index contributed by atoms with van der Waals surface area (Å²) < 4.78 is 23.3. The SMILES string of the molecule is COCc1ccc(-c2cc(C(=O)O)no2)cc1F. The fraction of sp³-hybridized carbons (Fsp3) is 0.167. The van der Waals surface area contributed by atoms with Gasteiger partial charge in [0.2, 0.25) is 0 Å². The van der Waals surface area contributed by atoms with Crippen molar-refractivity contribution in [1.82, 2.24) is 5.16 Å². The number of benzene rings is 1. The van der Waals surface area contributed by atoms with Crippen LogP contribution in [0.15, 0.2) is 28.8 Å². The second-order valence-electron chi connectivity index (χ2n) is 3.62. The van der Waals surface area contributed by atoms with Gasteiger partial charge in [-0.15, -0.1) is 0 Å². The normalized spacial score (nSPS) is 10.6. The molecule has 2 aromatic rings. The molecule has 1 heterocycles. The summed E-state index contributed by atoms with van der Waals surface area (Å²) in [6, 6.07) is 5.66. The largest absolute Gasteiger partial charge is 0.476 e. The van der Waals surface area contributed by atoms with Crippen molar-refractivity contribution in [2.24, 2.45) is 0 Å². The molecule has 0 aliphatic heterocycles. The van der Waals surface area contributed by atoms with Gasteiger partial charge >= 0.3 is 5.97 Å². The molecule has 0 fully saturated rings. The monoisotopic (exact) mass is 251 g/mol.